The summed E-state index contributed by atoms with van der Waals surface area (Å²) in [6.07, 6.45) is 4.60. The molecule has 1 atom stereocenters. The van der Waals surface area contributed by atoms with Crippen molar-refractivity contribution in [3.8, 4) is 6.07 Å². The normalized spacial score (nSPS) is 17.0. The Labute approximate surface area is 135 Å². The lowest BCUT2D eigenvalue weighted by atomic mass is 9.76. The number of nitrogens with zero attached hydrogens (tertiary/aromatic N) is 3. The number of hydrogen-bond acceptors (Lipinski definition) is 3. The topological polar surface area (TPSA) is 49.6 Å². The Kier molecular flexibility index (Phi) is 4.22. The highest BCUT2D eigenvalue weighted by Crippen LogP contribution is 2.39. The van der Waals surface area contributed by atoms with E-state index >= 15 is 0 Å². The summed E-state index contributed by atoms with van der Waals surface area (Å²) in [5.41, 5.74) is 4.80. The summed E-state index contributed by atoms with van der Waals surface area (Å²) in [6.45, 7) is 2.15. The Balaban J connectivity index is 2.25. The van der Waals surface area contributed by atoms with Gasteiger partial charge in [0.05, 0.1) is 11.8 Å². The monoisotopic (exact) mass is 309 g/mol. The Morgan fingerprint density at radius 3 is 2.86 bits per heavy atom. The van der Waals surface area contributed by atoms with Crippen molar-refractivity contribution in [3.63, 3.8) is 0 Å². The van der Waals surface area contributed by atoms with E-state index in [0.29, 0.717) is 0 Å². The first-order chi connectivity index (χ1) is 10.7. The number of nitriles is 1. The van der Waals surface area contributed by atoms with Crippen molar-refractivity contribution < 1.29 is 0 Å². The van der Waals surface area contributed by atoms with Crippen LogP contribution in [0.5, 0.6) is 0 Å². The van der Waals surface area contributed by atoms with Gasteiger partial charge in [0, 0.05) is 17.3 Å². The van der Waals surface area contributed by atoms with Gasteiger partial charge in [0.2, 0.25) is 5.28 Å². The van der Waals surface area contributed by atoms with Gasteiger partial charge in [0.1, 0.15) is 0 Å². The quantitative estimate of drug-likeness (QED) is 0.788. The van der Waals surface area contributed by atoms with E-state index in [9.17, 15) is 5.26 Å². The van der Waals surface area contributed by atoms with Crippen LogP contribution in [-0.4, -0.2) is 9.97 Å². The maximum Gasteiger partial charge on any atom is 0.222 e. The minimum Gasteiger partial charge on any atom is -0.226 e. The first-order valence-electron chi connectivity index (χ1n) is 7.46. The van der Waals surface area contributed by atoms with E-state index in [1.807, 2.05) is 18.2 Å². The minimum atomic E-state index is 0.206. The maximum absolute atomic E-state index is 9.73. The predicted molar refractivity (Wildman–Crippen MR) is 87.2 cm³/mol. The second-order valence-electron chi connectivity index (χ2n) is 5.46. The van der Waals surface area contributed by atoms with Gasteiger partial charge >= 0.3 is 0 Å². The van der Waals surface area contributed by atoms with Gasteiger partial charge in [0.25, 0.3) is 0 Å². The molecule has 1 aliphatic rings. The molecule has 0 radical (unpaired) electrons. The van der Waals surface area contributed by atoms with Gasteiger partial charge in [-0.25, -0.2) is 9.97 Å². The second kappa shape index (κ2) is 6.29. The molecule has 22 heavy (non-hydrogen) atoms. The zero-order valence-corrected chi connectivity index (χ0v) is 13.1. The first-order valence-corrected chi connectivity index (χ1v) is 7.83. The fourth-order valence-corrected chi connectivity index (χ4v) is 3.30. The Bertz CT molecular complexity index is 774. The maximum atomic E-state index is 9.73. The van der Waals surface area contributed by atoms with E-state index in [2.05, 4.69) is 35.1 Å². The van der Waals surface area contributed by atoms with Crippen LogP contribution in [0.1, 0.15) is 36.6 Å². The number of hydrogen-bond donors (Lipinski definition) is 0. The highest BCUT2D eigenvalue weighted by Gasteiger charge is 2.28. The van der Waals surface area contributed by atoms with E-state index in [1.165, 1.54) is 5.56 Å². The zero-order valence-electron chi connectivity index (χ0n) is 12.4. The van der Waals surface area contributed by atoms with Crippen molar-refractivity contribution >= 4 is 17.2 Å². The molecule has 1 aromatic heterocycles. The third-order valence-corrected chi connectivity index (χ3v) is 4.25. The van der Waals surface area contributed by atoms with E-state index < -0.39 is 0 Å². The van der Waals surface area contributed by atoms with Gasteiger partial charge in [0.15, 0.2) is 0 Å². The average Bonchev–Trinajstić information content (AvgIpc) is 2.54. The minimum absolute atomic E-state index is 0.206. The number of benzene rings is 1. The molecule has 1 unspecified atom stereocenters. The van der Waals surface area contributed by atoms with Crippen molar-refractivity contribution in [2.45, 2.75) is 26.2 Å². The Morgan fingerprint density at radius 2 is 2.14 bits per heavy atom. The van der Waals surface area contributed by atoms with Crippen molar-refractivity contribution in [2.24, 2.45) is 5.92 Å². The largest absolute Gasteiger partial charge is 0.226 e. The summed E-state index contributed by atoms with van der Waals surface area (Å²) < 4.78 is 0. The lowest BCUT2D eigenvalue weighted by molar-refractivity contribution is 0.555. The van der Waals surface area contributed by atoms with Crippen LogP contribution >= 0.6 is 11.6 Å². The van der Waals surface area contributed by atoms with E-state index in [-0.39, 0.29) is 11.2 Å². The predicted octanol–water partition coefficient (Wildman–Crippen LogP) is 4.43. The lowest BCUT2D eigenvalue weighted by Crippen LogP contribution is -2.17. The zero-order chi connectivity index (χ0) is 15.5. The molecule has 0 aliphatic heterocycles. The van der Waals surface area contributed by atoms with Gasteiger partial charge in [-0.15, -0.1) is 0 Å². The molecule has 110 valence electrons. The fourth-order valence-electron chi connectivity index (χ4n) is 3.15. The second-order valence-corrected chi connectivity index (χ2v) is 5.80. The molecular weight excluding hydrogens is 294 g/mol. The van der Waals surface area contributed by atoms with Gasteiger partial charge in [-0.05, 0) is 47.6 Å². The van der Waals surface area contributed by atoms with Crippen molar-refractivity contribution in [1.82, 2.24) is 9.97 Å². The molecule has 2 aromatic rings. The number of halogens is 1. The highest BCUT2D eigenvalue weighted by molar-refractivity contribution is 6.28. The number of rotatable bonds is 3. The standard InChI is InChI=1S/C18H16ClN3/c1-2-5-12-10-13-6-3-4-7-14(13)17(15(12)11-20)16-8-9-21-18(19)22-16/h3-4,6-9,12H,2,5,10H2,1H3. The van der Waals surface area contributed by atoms with E-state index in [1.54, 1.807) is 6.20 Å². The number of allylic oxidation sites excluding steroid dienone is 1. The molecule has 0 amide bonds. The first kappa shape index (κ1) is 14.7. The van der Waals surface area contributed by atoms with Crippen LogP contribution in [0.15, 0.2) is 42.1 Å². The SMILES string of the molecule is CCCC1Cc2ccccc2C(c2ccnc(Cl)n2)=C1C#N. The van der Waals surface area contributed by atoms with Crippen molar-refractivity contribution in [2.75, 3.05) is 0 Å². The molecule has 1 heterocycles. The van der Waals surface area contributed by atoms with Gasteiger partial charge in [-0.3, -0.25) is 0 Å². The van der Waals surface area contributed by atoms with Gasteiger partial charge in [-0.1, -0.05) is 37.6 Å². The fraction of sp³-hybridized carbons (Fsp3) is 0.278. The number of fused-ring (bicyclic) bond motifs is 1. The Morgan fingerprint density at radius 1 is 1.32 bits per heavy atom. The molecule has 1 aromatic carbocycles. The summed E-state index contributed by atoms with van der Waals surface area (Å²) in [6, 6.07) is 12.5. The van der Waals surface area contributed by atoms with Crippen LogP contribution in [0.25, 0.3) is 5.57 Å². The van der Waals surface area contributed by atoms with Crippen LogP contribution in [0, 0.1) is 17.2 Å². The lowest BCUT2D eigenvalue weighted by Gasteiger charge is -2.27. The van der Waals surface area contributed by atoms with Crippen LogP contribution < -0.4 is 0 Å². The molecule has 0 N–H and O–H groups in total. The summed E-state index contributed by atoms with van der Waals surface area (Å²) in [7, 11) is 0. The van der Waals surface area contributed by atoms with Crippen LogP contribution in [-0.2, 0) is 6.42 Å². The molecule has 3 nitrogen and oxygen atoms in total. The molecular formula is C18H16ClN3. The molecule has 0 saturated carbocycles. The van der Waals surface area contributed by atoms with E-state index in [0.717, 1.165) is 41.7 Å². The Hall–Kier alpha value is -2.18. The molecule has 0 saturated heterocycles. The molecule has 0 fully saturated rings. The number of aromatic nitrogens is 2. The summed E-state index contributed by atoms with van der Waals surface area (Å²) in [5.74, 6) is 0.244. The van der Waals surface area contributed by atoms with Gasteiger partial charge in [-0.2, -0.15) is 5.26 Å². The van der Waals surface area contributed by atoms with Crippen LogP contribution in [0.3, 0.4) is 0 Å². The molecule has 1 aliphatic carbocycles. The average molecular weight is 310 g/mol. The highest BCUT2D eigenvalue weighted by atomic mass is 35.5. The van der Waals surface area contributed by atoms with E-state index in [4.69, 9.17) is 11.6 Å². The summed E-state index contributed by atoms with van der Waals surface area (Å²) in [5, 5.41) is 9.94. The third kappa shape index (κ3) is 2.63. The molecule has 3 rings (SSSR count). The van der Waals surface area contributed by atoms with Gasteiger partial charge < -0.3 is 0 Å². The summed E-state index contributed by atoms with van der Waals surface area (Å²) >= 11 is 5.95. The third-order valence-electron chi connectivity index (χ3n) is 4.07. The molecule has 0 spiro atoms. The smallest absolute Gasteiger partial charge is 0.222 e. The van der Waals surface area contributed by atoms with Crippen LogP contribution in [0.4, 0.5) is 0 Å². The van der Waals surface area contributed by atoms with Crippen LogP contribution in [0.2, 0.25) is 5.28 Å². The molecule has 4 heteroatoms. The summed E-state index contributed by atoms with van der Waals surface area (Å²) in [4.78, 5) is 8.28. The van der Waals surface area contributed by atoms with Crippen molar-refractivity contribution in [1.29, 1.82) is 5.26 Å². The molecule has 0 bridgehead atoms. The van der Waals surface area contributed by atoms with Crippen molar-refractivity contribution in [3.05, 3.63) is 64.2 Å².